The molecule has 0 aromatic heterocycles. The summed E-state index contributed by atoms with van der Waals surface area (Å²) in [5.41, 5.74) is 1.14. The van der Waals surface area contributed by atoms with Crippen molar-refractivity contribution in [3.05, 3.63) is 35.9 Å². The third kappa shape index (κ3) is 2.69. The lowest BCUT2D eigenvalue weighted by atomic mass is 10.0. The molecule has 0 fully saturated rings. The minimum Gasteiger partial charge on any atom is -0.463 e. The maximum atomic E-state index is 10.6. The van der Waals surface area contributed by atoms with Gasteiger partial charge in [0, 0.05) is 12.5 Å². The summed E-state index contributed by atoms with van der Waals surface area (Å²) in [6.45, 7) is 2.57. The highest BCUT2D eigenvalue weighted by Crippen LogP contribution is 2.37. The molecule has 2 aromatic rings. The van der Waals surface area contributed by atoms with Crippen LogP contribution in [0.15, 0.2) is 30.3 Å². The highest BCUT2D eigenvalue weighted by Gasteiger charge is 2.13. The van der Waals surface area contributed by atoms with Crippen LogP contribution in [0.2, 0.25) is 0 Å². The average molecular weight is 260 g/mol. The number of carbonyl (C=O) groups is 1. The molecule has 0 bridgehead atoms. The number of hydrogen-bond acceptors (Lipinski definition) is 4. The zero-order valence-electron chi connectivity index (χ0n) is 11.0. The molecule has 0 aliphatic rings. The standard InChI is InChI=1S/C15H16O4/c1-3-11-5-4-6-12-7-8-13(18-9-16)15(14(11)12)19-10-17-2/h4-9H,3,10H2,1-2H3. The molecule has 2 aromatic carbocycles. The third-order valence-corrected chi connectivity index (χ3v) is 2.93. The van der Waals surface area contributed by atoms with Crippen molar-refractivity contribution in [3.8, 4) is 11.5 Å². The molecular weight excluding hydrogens is 244 g/mol. The van der Waals surface area contributed by atoms with E-state index in [-0.39, 0.29) is 6.79 Å². The molecule has 0 heterocycles. The predicted octanol–water partition coefficient (Wildman–Crippen LogP) is 2.92. The van der Waals surface area contributed by atoms with Gasteiger partial charge in [0.05, 0.1) is 0 Å². The predicted molar refractivity (Wildman–Crippen MR) is 72.5 cm³/mol. The Balaban J connectivity index is 2.65. The first-order valence-electron chi connectivity index (χ1n) is 6.08. The van der Waals surface area contributed by atoms with Gasteiger partial charge >= 0.3 is 0 Å². The van der Waals surface area contributed by atoms with Crippen molar-refractivity contribution in [2.24, 2.45) is 0 Å². The Bertz CT molecular complexity index is 578. The van der Waals surface area contributed by atoms with E-state index in [2.05, 4.69) is 6.92 Å². The summed E-state index contributed by atoms with van der Waals surface area (Å²) in [4.78, 5) is 10.6. The normalized spacial score (nSPS) is 10.4. The number of rotatable bonds is 6. The van der Waals surface area contributed by atoms with Gasteiger partial charge in [-0.3, -0.25) is 4.79 Å². The Morgan fingerprint density at radius 2 is 2.05 bits per heavy atom. The van der Waals surface area contributed by atoms with Gasteiger partial charge in [-0.1, -0.05) is 31.2 Å². The first-order valence-corrected chi connectivity index (χ1v) is 6.08. The van der Waals surface area contributed by atoms with Crippen LogP contribution in [0.4, 0.5) is 0 Å². The largest absolute Gasteiger partial charge is 0.463 e. The fourth-order valence-corrected chi connectivity index (χ4v) is 2.10. The van der Waals surface area contributed by atoms with Crippen molar-refractivity contribution in [1.29, 1.82) is 0 Å². The van der Waals surface area contributed by atoms with Crippen molar-refractivity contribution >= 4 is 17.2 Å². The van der Waals surface area contributed by atoms with E-state index >= 15 is 0 Å². The Morgan fingerprint density at radius 1 is 1.21 bits per heavy atom. The molecule has 0 N–H and O–H groups in total. The van der Waals surface area contributed by atoms with Gasteiger partial charge in [-0.05, 0) is 23.4 Å². The zero-order chi connectivity index (χ0) is 13.7. The molecule has 0 saturated heterocycles. The fraction of sp³-hybridized carbons (Fsp3) is 0.267. The van der Waals surface area contributed by atoms with E-state index in [0.717, 1.165) is 22.8 Å². The Morgan fingerprint density at radius 3 is 2.74 bits per heavy atom. The average Bonchev–Trinajstić information content (AvgIpc) is 2.45. The monoisotopic (exact) mass is 260 g/mol. The molecule has 0 amide bonds. The summed E-state index contributed by atoms with van der Waals surface area (Å²) in [5, 5.41) is 2.00. The molecule has 4 nitrogen and oxygen atoms in total. The molecule has 0 aliphatic carbocycles. The van der Waals surface area contributed by atoms with Gasteiger partial charge in [-0.25, -0.2) is 0 Å². The lowest BCUT2D eigenvalue weighted by Gasteiger charge is -2.14. The summed E-state index contributed by atoms with van der Waals surface area (Å²) in [7, 11) is 1.55. The number of ether oxygens (including phenoxy) is 3. The van der Waals surface area contributed by atoms with Crippen LogP contribution in [0, 0.1) is 0 Å². The summed E-state index contributed by atoms with van der Waals surface area (Å²) in [6.07, 6.45) is 0.866. The van der Waals surface area contributed by atoms with E-state index in [0.29, 0.717) is 18.0 Å². The summed E-state index contributed by atoms with van der Waals surface area (Å²) < 4.78 is 15.5. The summed E-state index contributed by atoms with van der Waals surface area (Å²) in [5.74, 6) is 0.948. The number of methoxy groups -OCH3 is 1. The van der Waals surface area contributed by atoms with Crippen molar-refractivity contribution in [3.63, 3.8) is 0 Å². The second-order valence-electron chi connectivity index (χ2n) is 4.03. The Hall–Kier alpha value is -2.07. The van der Waals surface area contributed by atoms with Gasteiger partial charge in [0.1, 0.15) is 0 Å². The number of hydrogen-bond donors (Lipinski definition) is 0. The van der Waals surface area contributed by atoms with Crippen LogP contribution in [0.1, 0.15) is 12.5 Å². The number of benzene rings is 2. The van der Waals surface area contributed by atoms with E-state index < -0.39 is 0 Å². The molecule has 2 rings (SSSR count). The minimum absolute atomic E-state index is 0.104. The van der Waals surface area contributed by atoms with Crippen LogP contribution < -0.4 is 9.47 Å². The van der Waals surface area contributed by atoms with E-state index in [4.69, 9.17) is 14.2 Å². The number of fused-ring (bicyclic) bond motifs is 1. The van der Waals surface area contributed by atoms with Gasteiger partial charge in [-0.2, -0.15) is 0 Å². The second kappa shape index (κ2) is 6.20. The van der Waals surface area contributed by atoms with E-state index in [1.165, 1.54) is 0 Å². The topological polar surface area (TPSA) is 44.8 Å². The van der Waals surface area contributed by atoms with E-state index in [1.807, 2.05) is 24.3 Å². The van der Waals surface area contributed by atoms with Crippen molar-refractivity contribution < 1.29 is 19.0 Å². The second-order valence-corrected chi connectivity index (χ2v) is 4.03. The maximum Gasteiger partial charge on any atom is 0.298 e. The lowest BCUT2D eigenvalue weighted by Crippen LogP contribution is -2.03. The quantitative estimate of drug-likeness (QED) is 0.591. The zero-order valence-corrected chi connectivity index (χ0v) is 11.0. The van der Waals surface area contributed by atoms with Gasteiger partial charge in [0.2, 0.25) is 0 Å². The Labute approximate surface area is 111 Å². The SMILES string of the molecule is CCc1cccc2ccc(OC=O)c(OCOC)c12. The molecule has 19 heavy (non-hydrogen) atoms. The van der Waals surface area contributed by atoms with Crippen LogP contribution in [0.5, 0.6) is 11.5 Å². The van der Waals surface area contributed by atoms with Crippen molar-refractivity contribution in [1.82, 2.24) is 0 Å². The van der Waals surface area contributed by atoms with Crippen molar-refractivity contribution in [2.45, 2.75) is 13.3 Å². The van der Waals surface area contributed by atoms with Crippen LogP contribution in [0.3, 0.4) is 0 Å². The molecule has 100 valence electrons. The van der Waals surface area contributed by atoms with Gasteiger partial charge in [0.25, 0.3) is 6.47 Å². The first kappa shape index (κ1) is 13.4. The molecule has 0 saturated carbocycles. The van der Waals surface area contributed by atoms with Gasteiger partial charge in [0.15, 0.2) is 18.3 Å². The first-order chi connectivity index (χ1) is 9.31. The molecule has 0 unspecified atom stereocenters. The number of carbonyl (C=O) groups excluding carboxylic acids is 1. The van der Waals surface area contributed by atoms with Crippen LogP contribution >= 0.6 is 0 Å². The molecule has 0 spiro atoms. The smallest absolute Gasteiger partial charge is 0.298 e. The van der Waals surface area contributed by atoms with Gasteiger partial charge < -0.3 is 14.2 Å². The maximum absolute atomic E-state index is 10.6. The molecule has 0 aliphatic heterocycles. The van der Waals surface area contributed by atoms with Crippen LogP contribution in [0.25, 0.3) is 10.8 Å². The number of aryl methyl sites for hydroxylation is 1. The fourth-order valence-electron chi connectivity index (χ4n) is 2.10. The highest BCUT2D eigenvalue weighted by atomic mass is 16.7. The molecule has 0 radical (unpaired) electrons. The van der Waals surface area contributed by atoms with E-state index in [1.54, 1.807) is 13.2 Å². The summed E-state index contributed by atoms with van der Waals surface area (Å²) in [6, 6.07) is 9.67. The molecule has 4 heteroatoms. The van der Waals surface area contributed by atoms with Gasteiger partial charge in [-0.15, -0.1) is 0 Å². The lowest BCUT2D eigenvalue weighted by molar-refractivity contribution is -0.120. The third-order valence-electron chi connectivity index (χ3n) is 2.93. The Kier molecular flexibility index (Phi) is 4.36. The molecular formula is C15H16O4. The van der Waals surface area contributed by atoms with E-state index in [9.17, 15) is 4.79 Å². The van der Waals surface area contributed by atoms with Crippen molar-refractivity contribution in [2.75, 3.05) is 13.9 Å². The molecule has 0 atom stereocenters. The summed E-state index contributed by atoms with van der Waals surface area (Å²) >= 11 is 0. The minimum atomic E-state index is 0.104. The van der Waals surface area contributed by atoms with Crippen LogP contribution in [-0.4, -0.2) is 20.4 Å². The highest BCUT2D eigenvalue weighted by molar-refractivity contribution is 5.94. The van der Waals surface area contributed by atoms with Crippen LogP contribution in [-0.2, 0) is 16.0 Å².